The quantitative estimate of drug-likeness (QED) is 0.570. The zero-order valence-corrected chi connectivity index (χ0v) is 9.78. The molecule has 0 amide bonds. The maximum Gasteiger partial charge on any atom is 0.307 e. The van der Waals surface area contributed by atoms with E-state index in [0.717, 1.165) is 25.8 Å². The number of carboxylic acid groups (broad SMARTS) is 1. The second-order valence-corrected chi connectivity index (χ2v) is 3.97. The van der Waals surface area contributed by atoms with Crippen molar-refractivity contribution in [1.29, 1.82) is 0 Å². The molecule has 0 aliphatic rings. The van der Waals surface area contributed by atoms with Crippen molar-refractivity contribution < 1.29 is 15.0 Å². The predicted molar refractivity (Wildman–Crippen MR) is 59.9 cm³/mol. The van der Waals surface area contributed by atoms with E-state index >= 15 is 0 Å². The topological polar surface area (TPSA) is 60.8 Å². The van der Waals surface area contributed by atoms with E-state index in [-0.39, 0.29) is 12.5 Å². The molecule has 0 radical (unpaired) electrons. The zero-order valence-electron chi connectivity index (χ0n) is 9.78. The molecule has 0 saturated heterocycles. The van der Waals surface area contributed by atoms with Gasteiger partial charge in [0, 0.05) is 13.1 Å². The van der Waals surface area contributed by atoms with E-state index in [1.165, 1.54) is 0 Å². The second-order valence-electron chi connectivity index (χ2n) is 3.97. The normalized spacial score (nSPS) is 13.1. The molecule has 0 heterocycles. The van der Waals surface area contributed by atoms with Gasteiger partial charge in [0.15, 0.2) is 0 Å². The molecule has 1 unspecified atom stereocenters. The number of nitrogens with zero attached hydrogens (tertiary/aromatic N) is 1. The molecule has 0 aromatic rings. The first-order valence-electron chi connectivity index (χ1n) is 5.67. The van der Waals surface area contributed by atoms with E-state index in [0.29, 0.717) is 13.1 Å². The summed E-state index contributed by atoms with van der Waals surface area (Å²) in [7, 11) is 0. The fourth-order valence-corrected chi connectivity index (χ4v) is 1.49. The number of rotatable bonds is 9. The van der Waals surface area contributed by atoms with Crippen LogP contribution in [-0.4, -0.2) is 47.3 Å². The van der Waals surface area contributed by atoms with E-state index in [1.807, 2.05) is 4.90 Å². The summed E-state index contributed by atoms with van der Waals surface area (Å²) >= 11 is 0. The van der Waals surface area contributed by atoms with Crippen molar-refractivity contribution in [3.05, 3.63) is 0 Å². The number of aliphatic carboxylic acids is 1. The minimum absolute atomic E-state index is 0.0957. The van der Waals surface area contributed by atoms with Gasteiger partial charge in [0.2, 0.25) is 0 Å². The van der Waals surface area contributed by atoms with E-state index in [1.54, 1.807) is 6.92 Å². The summed E-state index contributed by atoms with van der Waals surface area (Å²) in [6, 6.07) is 0. The van der Waals surface area contributed by atoms with Gasteiger partial charge in [-0.15, -0.1) is 0 Å². The van der Waals surface area contributed by atoms with E-state index in [4.69, 9.17) is 10.2 Å². The molecule has 2 N–H and O–H groups in total. The molecule has 0 aromatic carbocycles. The monoisotopic (exact) mass is 217 g/mol. The molecule has 1 atom stereocenters. The Labute approximate surface area is 91.9 Å². The smallest absolute Gasteiger partial charge is 0.307 e. The first-order valence-corrected chi connectivity index (χ1v) is 5.67. The van der Waals surface area contributed by atoms with Gasteiger partial charge < -0.3 is 15.1 Å². The SMILES string of the molecule is CCCCCN(CCO)CC(C)C(=O)O. The lowest BCUT2D eigenvalue weighted by Crippen LogP contribution is -2.34. The van der Waals surface area contributed by atoms with Crippen LogP contribution in [0.25, 0.3) is 0 Å². The van der Waals surface area contributed by atoms with Crippen molar-refractivity contribution in [1.82, 2.24) is 4.90 Å². The molecule has 4 heteroatoms. The lowest BCUT2D eigenvalue weighted by molar-refractivity contribution is -0.141. The molecule has 0 aliphatic heterocycles. The number of carboxylic acids is 1. The molecule has 90 valence electrons. The van der Waals surface area contributed by atoms with E-state index in [9.17, 15) is 4.79 Å². The van der Waals surface area contributed by atoms with E-state index < -0.39 is 5.97 Å². The van der Waals surface area contributed by atoms with Crippen LogP contribution in [0.1, 0.15) is 33.1 Å². The van der Waals surface area contributed by atoms with Crippen LogP contribution in [0.15, 0.2) is 0 Å². The van der Waals surface area contributed by atoms with Gasteiger partial charge in [-0.3, -0.25) is 4.79 Å². The Kier molecular flexibility index (Phi) is 8.33. The van der Waals surface area contributed by atoms with E-state index in [2.05, 4.69) is 6.92 Å². The summed E-state index contributed by atoms with van der Waals surface area (Å²) in [5, 5.41) is 17.6. The largest absolute Gasteiger partial charge is 0.481 e. The Morgan fingerprint density at radius 1 is 1.33 bits per heavy atom. The molecule has 0 fully saturated rings. The number of aliphatic hydroxyl groups is 1. The molecule has 0 spiro atoms. The second kappa shape index (κ2) is 8.68. The van der Waals surface area contributed by atoms with Crippen molar-refractivity contribution in [2.75, 3.05) is 26.2 Å². The highest BCUT2D eigenvalue weighted by atomic mass is 16.4. The van der Waals surface area contributed by atoms with Gasteiger partial charge >= 0.3 is 5.97 Å². The molecule has 0 rings (SSSR count). The van der Waals surface area contributed by atoms with Gasteiger partial charge in [-0.1, -0.05) is 26.7 Å². The Hall–Kier alpha value is -0.610. The Morgan fingerprint density at radius 2 is 2.00 bits per heavy atom. The Balaban J connectivity index is 3.86. The van der Waals surface area contributed by atoms with Crippen molar-refractivity contribution in [3.63, 3.8) is 0 Å². The van der Waals surface area contributed by atoms with Gasteiger partial charge in [0.05, 0.1) is 12.5 Å². The lowest BCUT2D eigenvalue weighted by atomic mass is 10.1. The average Bonchev–Trinajstić information content (AvgIpc) is 2.18. The highest BCUT2D eigenvalue weighted by molar-refractivity contribution is 5.69. The summed E-state index contributed by atoms with van der Waals surface area (Å²) in [5.74, 6) is -1.13. The van der Waals surface area contributed by atoms with Crippen LogP contribution in [0.3, 0.4) is 0 Å². The van der Waals surface area contributed by atoms with Crippen LogP contribution in [-0.2, 0) is 4.79 Å². The standard InChI is InChI=1S/C11H23NO3/c1-3-4-5-6-12(7-8-13)9-10(2)11(14)15/h10,13H,3-9H2,1-2H3,(H,14,15). The first kappa shape index (κ1) is 14.4. The van der Waals surface area contributed by atoms with Crippen molar-refractivity contribution in [2.24, 2.45) is 5.92 Å². The maximum atomic E-state index is 10.7. The zero-order chi connectivity index (χ0) is 11.7. The van der Waals surface area contributed by atoms with Crippen molar-refractivity contribution >= 4 is 5.97 Å². The van der Waals surface area contributed by atoms with Gasteiger partial charge in [-0.05, 0) is 13.0 Å². The van der Waals surface area contributed by atoms with Crippen LogP contribution in [0.4, 0.5) is 0 Å². The first-order chi connectivity index (χ1) is 7.11. The minimum atomic E-state index is -0.770. The third-order valence-corrected chi connectivity index (χ3v) is 2.45. The Morgan fingerprint density at radius 3 is 2.47 bits per heavy atom. The van der Waals surface area contributed by atoms with Gasteiger partial charge in [0.25, 0.3) is 0 Å². The molecule has 0 aliphatic carbocycles. The van der Waals surface area contributed by atoms with Crippen LogP contribution < -0.4 is 0 Å². The van der Waals surface area contributed by atoms with Crippen molar-refractivity contribution in [2.45, 2.75) is 33.1 Å². The third kappa shape index (κ3) is 7.33. The lowest BCUT2D eigenvalue weighted by Gasteiger charge is -2.23. The van der Waals surface area contributed by atoms with Gasteiger partial charge in [0.1, 0.15) is 0 Å². The van der Waals surface area contributed by atoms with Gasteiger partial charge in [-0.25, -0.2) is 0 Å². The van der Waals surface area contributed by atoms with Crippen LogP contribution in [0.5, 0.6) is 0 Å². The molecule has 0 saturated carbocycles. The molecular formula is C11H23NO3. The molecule has 0 bridgehead atoms. The molecule has 4 nitrogen and oxygen atoms in total. The maximum absolute atomic E-state index is 10.7. The minimum Gasteiger partial charge on any atom is -0.481 e. The predicted octanol–water partition coefficient (Wildman–Crippen LogP) is 1.19. The molecule has 15 heavy (non-hydrogen) atoms. The average molecular weight is 217 g/mol. The molecular weight excluding hydrogens is 194 g/mol. The summed E-state index contributed by atoms with van der Waals surface area (Å²) < 4.78 is 0. The number of unbranched alkanes of at least 4 members (excludes halogenated alkanes) is 2. The Bertz CT molecular complexity index is 173. The fraction of sp³-hybridized carbons (Fsp3) is 0.909. The number of hydrogen-bond acceptors (Lipinski definition) is 3. The van der Waals surface area contributed by atoms with Crippen LogP contribution in [0.2, 0.25) is 0 Å². The van der Waals surface area contributed by atoms with Gasteiger partial charge in [-0.2, -0.15) is 0 Å². The summed E-state index contributed by atoms with van der Waals surface area (Å²) in [4.78, 5) is 12.7. The highest BCUT2D eigenvalue weighted by Crippen LogP contribution is 2.03. The summed E-state index contributed by atoms with van der Waals surface area (Å²) in [6.07, 6.45) is 3.38. The van der Waals surface area contributed by atoms with Crippen LogP contribution >= 0.6 is 0 Å². The fourth-order valence-electron chi connectivity index (χ4n) is 1.49. The number of carbonyl (C=O) groups is 1. The third-order valence-electron chi connectivity index (χ3n) is 2.45. The number of aliphatic hydroxyl groups excluding tert-OH is 1. The van der Waals surface area contributed by atoms with Crippen molar-refractivity contribution in [3.8, 4) is 0 Å². The number of hydrogen-bond donors (Lipinski definition) is 2. The highest BCUT2D eigenvalue weighted by Gasteiger charge is 2.15. The molecule has 0 aromatic heterocycles. The van der Waals surface area contributed by atoms with Crippen LogP contribution in [0, 0.1) is 5.92 Å². The summed E-state index contributed by atoms with van der Waals surface area (Å²) in [5.41, 5.74) is 0. The summed E-state index contributed by atoms with van der Waals surface area (Å²) in [6.45, 7) is 5.91.